The molecule has 5 N–H and O–H groups in total. The predicted octanol–water partition coefficient (Wildman–Crippen LogP) is 5.65. The van der Waals surface area contributed by atoms with E-state index in [9.17, 15) is 34.2 Å². The predicted molar refractivity (Wildman–Crippen MR) is 203 cm³/mol. The van der Waals surface area contributed by atoms with E-state index in [0.717, 1.165) is 39.2 Å². The fourth-order valence-electron chi connectivity index (χ4n) is 6.79. The van der Waals surface area contributed by atoms with E-state index in [4.69, 9.17) is 4.74 Å². The number of hydrogen-bond donors (Lipinski definition) is 5. The van der Waals surface area contributed by atoms with Crippen LogP contribution in [0.5, 0.6) is 17.2 Å². The Bertz CT molecular complexity index is 2070. The van der Waals surface area contributed by atoms with Gasteiger partial charge in [0.2, 0.25) is 17.7 Å². The average Bonchev–Trinajstić information content (AvgIpc) is 3.42. The van der Waals surface area contributed by atoms with Gasteiger partial charge in [-0.2, -0.15) is 0 Å². The number of carbonyl (C=O) groups is 5. The Morgan fingerprint density at radius 2 is 1.46 bits per heavy atom. The molecule has 1 atom stereocenters. The molecule has 12 heteroatoms. The van der Waals surface area contributed by atoms with Crippen LogP contribution >= 0.6 is 0 Å². The van der Waals surface area contributed by atoms with Crippen LogP contribution in [0.1, 0.15) is 82.9 Å². The van der Waals surface area contributed by atoms with E-state index in [1.165, 1.54) is 0 Å². The maximum absolute atomic E-state index is 13.3. The smallest absolute Gasteiger partial charge is 0.264 e. The molecule has 5 amide bonds. The molecule has 54 heavy (non-hydrogen) atoms. The zero-order valence-electron chi connectivity index (χ0n) is 29.9. The number of amides is 5. The normalized spacial score (nSPS) is 15.7. The van der Waals surface area contributed by atoms with Gasteiger partial charge in [0.1, 0.15) is 29.9 Å². The SMILES string of the molecule is CCC(=C(c1ccc(O)cc1)c1ccc(OCCNC(=O)CCCCNc2cccc3c2C(=O)N(C2CCC(=O)NC2=O)C3=O)cc1)c1ccc(O)cc1. The van der Waals surface area contributed by atoms with Crippen molar-refractivity contribution in [3.05, 3.63) is 119 Å². The lowest BCUT2D eigenvalue weighted by Gasteiger charge is -2.27. The Morgan fingerprint density at radius 1 is 0.815 bits per heavy atom. The first-order valence-corrected chi connectivity index (χ1v) is 18.0. The number of nitrogens with zero attached hydrogens (tertiary/aromatic N) is 1. The van der Waals surface area contributed by atoms with Crippen LogP contribution in [-0.2, 0) is 14.4 Å². The molecule has 0 aliphatic carbocycles. The van der Waals surface area contributed by atoms with Gasteiger partial charge in [-0.15, -0.1) is 0 Å². The zero-order chi connectivity index (χ0) is 38.2. The van der Waals surface area contributed by atoms with Crippen molar-refractivity contribution >= 4 is 46.4 Å². The molecule has 0 bridgehead atoms. The van der Waals surface area contributed by atoms with Gasteiger partial charge in [-0.3, -0.25) is 34.2 Å². The van der Waals surface area contributed by atoms with Gasteiger partial charge in [0.15, 0.2) is 0 Å². The summed E-state index contributed by atoms with van der Waals surface area (Å²) in [6.07, 6.45) is 2.40. The first kappa shape index (κ1) is 37.3. The molecule has 2 aliphatic rings. The summed E-state index contributed by atoms with van der Waals surface area (Å²) in [7, 11) is 0. The van der Waals surface area contributed by atoms with Crippen molar-refractivity contribution in [2.24, 2.45) is 0 Å². The Morgan fingerprint density at radius 3 is 2.11 bits per heavy atom. The summed E-state index contributed by atoms with van der Waals surface area (Å²) in [6.45, 7) is 3.15. The van der Waals surface area contributed by atoms with Gasteiger partial charge in [-0.05, 0) is 102 Å². The second-order valence-electron chi connectivity index (χ2n) is 13.1. The molecule has 1 unspecified atom stereocenters. The Labute approximate surface area is 312 Å². The molecule has 4 aromatic rings. The van der Waals surface area contributed by atoms with Crippen LogP contribution in [0.15, 0.2) is 91.0 Å². The minimum atomic E-state index is -1.03. The number of anilines is 1. The fraction of sp³-hybridized carbons (Fsp3) is 0.262. The van der Waals surface area contributed by atoms with Crippen LogP contribution in [0, 0.1) is 0 Å². The van der Waals surface area contributed by atoms with Gasteiger partial charge < -0.3 is 25.6 Å². The van der Waals surface area contributed by atoms with Crippen LogP contribution in [0.4, 0.5) is 5.69 Å². The second-order valence-corrected chi connectivity index (χ2v) is 13.1. The monoisotopic (exact) mass is 730 g/mol. The van der Waals surface area contributed by atoms with E-state index in [1.807, 2.05) is 48.5 Å². The Kier molecular flexibility index (Phi) is 11.7. The molecule has 0 spiro atoms. The third-order valence-corrected chi connectivity index (χ3v) is 9.48. The molecular formula is C42H42N4O8. The number of allylic oxidation sites excluding steroid dienone is 1. The molecule has 2 aliphatic heterocycles. The molecule has 278 valence electrons. The first-order chi connectivity index (χ1) is 26.1. The largest absolute Gasteiger partial charge is 0.508 e. The van der Waals surface area contributed by atoms with Gasteiger partial charge in [-0.25, -0.2) is 0 Å². The summed E-state index contributed by atoms with van der Waals surface area (Å²) >= 11 is 0. The van der Waals surface area contributed by atoms with Crippen LogP contribution in [0.3, 0.4) is 0 Å². The van der Waals surface area contributed by atoms with E-state index in [0.29, 0.717) is 43.8 Å². The molecule has 6 rings (SSSR count). The number of rotatable bonds is 15. The standard InChI is InChI=1S/C42H42N4O8/c1-2-32(26-9-15-29(47)16-10-26)38(27-11-17-30(48)18-12-27)28-13-19-31(20-14-28)54-25-24-44-36(49)8-3-4-23-43-34-7-5-6-33-39(34)42(53)46(41(33)52)35-21-22-37(50)45-40(35)51/h5-7,9-20,35,43,47-48H,2-4,8,21-25H2,1H3,(H,44,49)(H,45,50,51). The molecule has 4 aromatic carbocycles. The van der Waals surface area contributed by atoms with Crippen molar-refractivity contribution in [3.8, 4) is 17.2 Å². The van der Waals surface area contributed by atoms with E-state index in [2.05, 4.69) is 22.9 Å². The number of nitrogens with one attached hydrogen (secondary N) is 3. The van der Waals surface area contributed by atoms with E-state index < -0.39 is 29.7 Å². The highest BCUT2D eigenvalue weighted by Gasteiger charge is 2.45. The molecule has 2 heterocycles. The summed E-state index contributed by atoms with van der Waals surface area (Å²) in [6, 6.07) is 25.8. The number of piperidine rings is 1. The lowest BCUT2D eigenvalue weighted by atomic mass is 9.88. The summed E-state index contributed by atoms with van der Waals surface area (Å²) < 4.78 is 5.91. The topological polar surface area (TPSA) is 174 Å². The molecule has 12 nitrogen and oxygen atoms in total. The number of aromatic hydroxyl groups is 2. The van der Waals surface area contributed by atoms with Gasteiger partial charge in [0.05, 0.1) is 17.7 Å². The number of carbonyl (C=O) groups excluding carboxylic acids is 5. The van der Waals surface area contributed by atoms with Gasteiger partial charge in [0, 0.05) is 25.1 Å². The van der Waals surface area contributed by atoms with Gasteiger partial charge in [-0.1, -0.05) is 49.4 Å². The third kappa shape index (κ3) is 8.44. The van der Waals surface area contributed by atoms with Crippen LogP contribution in [-0.4, -0.2) is 70.4 Å². The van der Waals surface area contributed by atoms with Gasteiger partial charge >= 0.3 is 0 Å². The number of benzene rings is 4. The summed E-state index contributed by atoms with van der Waals surface area (Å²) in [5.74, 6) is -1.30. The zero-order valence-corrected chi connectivity index (χ0v) is 29.9. The van der Waals surface area contributed by atoms with Crippen molar-refractivity contribution in [1.82, 2.24) is 15.5 Å². The number of imide groups is 2. The van der Waals surface area contributed by atoms with Crippen molar-refractivity contribution in [3.63, 3.8) is 0 Å². The lowest BCUT2D eigenvalue weighted by Crippen LogP contribution is -2.54. The average molecular weight is 731 g/mol. The maximum atomic E-state index is 13.3. The van der Waals surface area contributed by atoms with Crippen molar-refractivity contribution in [2.45, 2.75) is 51.5 Å². The van der Waals surface area contributed by atoms with E-state index in [1.54, 1.807) is 42.5 Å². The number of phenolic OH excluding ortho intramolecular Hbond substituents is 2. The van der Waals surface area contributed by atoms with Crippen LogP contribution in [0.25, 0.3) is 11.1 Å². The lowest BCUT2D eigenvalue weighted by molar-refractivity contribution is -0.136. The molecule has 1 fully saturated rings. The molecule has 0 aromatic heterocycles. The number of ether oxygens (including phenoxy) is 1. The second kappa shape index (κ2) is 16.9. The highest BCUT2D eigenvalue weighted by atomic mass is 16.5. The number of phenols is 2. The molecule has 0 saturated carbocycles. The van der Waals surface area contributed by atoms with Crippen molar-refractivity contribution < 1.29 is 38.9 Å². The van der Waals surface area contributed by atoms with E-state index >= 15 is 0 Å². The Balaban J connectivity index is 0.957. The van der Waals surface area contributed by atoms with E-state index in [-0.39, 0.29) is 48.0 Å². The minimum absolute atomic E-state index is 0.0519. The summed E-state index contributed by atoms with van der Waals surface area (Å²) in [4.78, 5) is 63.7. The van der Waals surface area contributed by atoms with Crippen LogP contribution < -0.4 is 20.7 Å². The molecule has 1 saturated heterocycles. The third-order valence-electron chi connectivity index (χ3n) is 9.48. The highest BCUT2D eigenvalue weighted by molar-refractivity contribution is 6.25. The summed E-state index contributed by atoms with van der Waals surface area (Å²) in [5, 5.41) is 28.0. The summed E-state index contributed by atoms with van der Waals surface area (Å²) in [5.41, 5.74) is 5.87. The molecular weight excluding hydrogens is 688 g/mol. The van der Waals surface area contributed by atoms with Gasteiger partial charge in [0.25, 0.3) is 11.8 Å². The number of fused-ring (bicyclic) bond motifs is 1. The minimum Gasteiger partial charge on any atom is -0.508 e. The van der Waals surface area contributed by atoms with Crippen LogP contribution in [0.2, 0.25) is 0 Å². The first-order valence-electron chi connectivity index (χ1n) is 18.0. The Hall–Kier alpha value is -6.43. The molecule has 0 radical (unpaired) electrons. The number of unbranched alkanes of at least 4 members (excludes halogenated alkanes) is 1. The quantitative estimate of drug-likeness (QED) is 0.0589. The highest BCUT2D eigenvalue weighted by Crippen LogP contribution is 2.36. The fourth-order valence-corrected chi connectivity index (χ4v) is 6.79. The number of hydrogen-bond acceptors (Lipinski definition) is 9. The maximum Gasteiger partial charge on any atom is 0.264 e. The van der Waals surface area contributed by atoms with Crippen molar-refractivity contribution in [1.29, 1.82) is 0 Å². The van der Waals surface area contributed by atoms with Crippen molar-refractivity contribution in [2.75, 3.05) is 25.0 Å².